The van der Waals surface area contributed by atoms with Crippen LogP contribution in [0.25, 0.3) is 0 Å². The molecule has 0 aliphatic heterocycles. The van der Waals surface area contributed by atoms with Crippen LogP contribution in [0.15, 0.2) is 77.4 Å². The average molecular weight is 478 g/mol. The molecule has 1 heterocycles. The Morgan fingerprint density at radius 3 is 2.37 bits per heavy atom. The van der Waals surface area contributed by atoms with E-state index in [4.69, 9.17) is 9.15 Å². The van der Waals surface area contributed by atoms with Crippen LogP contribution in [0.3, 0.4) is 0 Å². The SMILES string of the molecule is CCOc1ccc(NC(=O)N(CC(=O)N(CCc2ccccc2)Cc2ccco2)C(C)CC)cc1. The summed E-state index contributed by atoms with van der Waals surface area (Å²) in [5, 5.41) is 2.92. The highest BCUT2D eigenvalue weighted by Gasteiger charge is 2.25. The summed E-state index contributed by atoms with van der Waals surface area (Å²) in [6.45, 7) is 7.31. The van der Waals surface area contributed by atoms with Gasteiger partial charge in [0, 0.05) is 18.3 Å². The number of amides is 3. The summed E-state index contributed by atoms with van der Waals surface area (Å²) in [4.78, 5) is 30.0. The molecule has 7 nitrogen and oxygen atoms in total. The van der Waals surface area contributed by atoms with Crippen LogP contribution < -0.4 is 10.1 Å². The predicted molar refractivity (Wildman–Crippen MR) is 137 cm³/mol. The summed E-state index contributed by atoms with van der Waals surface area (Å²) in [5.41, 5.74) is 1.80. The van der Waals surface area contributed by atoms with Crippen molar-refractivity contribution in [3.8, 4) is 5.75 Å². The lowest BCUT2D eigenvalue weighted by Gasteiger charge is -2.31. The maximum atomic E-state index is 13.4. The van der Waals surface area contributed by atoms with Gasteiger partial charge in [0.1, 0.15) is 18.1 Å². The molecule has 0 saturated heterocycles. The highest BCUT2D eigenvalue weighted by molar-refractivity contribution is 5.92. The summed E-state index contributed by atoms with van der Waals surface area (Å²) in [7, 11) is 0. The van der Waals surface area contributed by atoms with E-state index in [9.17, 15) is 9.59 Å². The molecule has 0 saturated carbocycles. The largest absolute Gasteiger partial charge is 0.494 e. The van der Waals surface area contributed by atoms with Crippen LogP contribution in [0.2, 0.25) is 0 Å². The van der Waals surface area contributed by atoms with Crippen LogP contribution in [0, 0.1) is 0 Å². The number of hydrogen-bond acceptors (Lipinski definition) is 4. The number of carbonyl (C=O) groups excluding carboxylic acids is 2. The van der Waals surface area contributed by atoms with Crippen molar-refractivity contribution >= 4 is 17.6 Å². The summed E-state index contributed by atoms with van der Waals surface area (Å²) in [6, 6.07) is 20.5. The number of benzene rings is 2. The molecule has 3 aromatic rings. The first-order valence-corrected chi connectivity index (χ1v) is 12.1. The van der Waals surface area contributed by atoms with E-state index < -0.39 is 0 Å². The van der Waals surface area contributed by atoms with Gasteiger partial charge in [-0.1, -0.05) is 37.3 Å². The van der Waals surface area contributed by atoms with Gasteiger partial charge in [0.15, 0.2) is 0 Å². The molecule has 0 aliphatic carbocycles. The average Bonchev–Trinajstić information content (AvgIpc) is 3.39. The van der Waals surface area contributed by atoms with E-state index >= 15 is 0 Å². The van der Waals surface area contributed by atoms with Gasteiger partial charge in [-0.25, -0.2) is 4.79 Å². The van der Waals surface area contributed by atoms with Crippen molar-refractivity contribution in [3.63, 3.8) is 0 Å². The van der Waals surface area contributed by atoms with E-state index in [0.717, 1.165) is 24.2 Å². The molecule has 35 heavy (non-hydrogen) atoms. The number of carbonyl (C=O) groups is 2. The molecule has 186 valence electrons. The van der Waals surface area contributed by atoms with Gasteiger partial charge >= 0.3 is 6.03 Å². The molecular weight excluding hydrogens is 442 g/mol. The minimum absolute atomic E-state index is 0.0205. The maximum absolute atomic E-state index is 13.4. The first-order valence-electron chi connectivity index (χ1n) is 12.1. The van der Waals surface area contributed by atoms with E-state index in [2.05, 4.69) is 5.32 Å². The third-order valence-corrected chi connectivity index (χ3v) is 5.90. The van der Waals surface area contributed by atoms with Crippen LogP contribution >= 0.6 is 0 Å². The third kappa shape index (κ3) is 7.91. The van der Waals surface area contributed by atoms with Crippen molar-refractivity contribution in [3.05, 3.63) is 84.3 Å². The summed E-state index contributed by atoms with van der Waals surface area (Å²) in [5.74, 6) is 1.33. The predicted octanol–water partition coefficient (Wildman–Crippen LogP) is 5.58. The molecule has 3 rings (SSSR count). The van der Waals surface area contributed by atoms with Gasteiger partial charge in [-0.05, 0) is 68.7 Å². The Hall–Kier alpha value is -3.74. The number of anilines is 1. The number of furan rings is 1. The lowest BCUT2D eigenvalue weighted by molar-refractivity contribution is -0.133. The Morgan fingerprint density at radius 2 is 1.74 bits per heavy atom. The normalized spacial score (nSPS) is 11.5. The molecule has 0 spiro atoms. The van der Waals surface area contributed by atoms with Gasteiger partial charge in [0.05, 0.1) is 19.4 Å². The molecule has 1 N–H and O–H groups in total. The molecule has 1 atom stereocenters. The topological polar surface area (TPSA) is 75.0 Å². The van der Waals surface area contributed by atoms with Gasteiger partial charge in [0.2, 0.25) is 5.91 Å². The first-order chi connectivity index (χ1) is 17.0. The summed E-state index contributed by atoms with van der Waals surface area (Å²) in [6.07, 6.45) is 3.05. The van der Waals surface area contributed by atoms with Crippen LogP contribution in [-0.4, -0.2) is 47.5 Å². The number of hydrogen-bond donors (Lipinski definition) is 1. The Kier molecular flexibility index (Phi) is 9.78. The molecule has 1 unspecified atom stereocenters. The standard InChI is InChI=1S/C28H35N3O4/c1-4-22(3)31(28(33)29-24-13-15-25(16-14-24)34-5-2)21-27(32)30(20-26-12-9-19-35-26)18-17-23-10-7-6-8-11-23/h6-16,19,22H,4-5,17-18,20-21H2,1-3H3,(H,29,33). The second-order valence-electron chi connectivity index (χ2n) is 8.40. The van der Waals surface area contributed by atoms with Crippen LogP contribution in [0.1, 0.15) is 38.5 Å². The Balaban J connectivity index is 1.70. The van der Waals surface area contributed by atoms with Gasteiger partial charge < -0.3 is 24.3 Å². The monoisotopic (exact) mass is 477 g/mol. The van der Waals surface area contributed by atoms with Crippen molar-refractivity contribution in [2.24, 2.45) is 0 Å². The third-order valence-electron chi connectivity index (χ3n) is 5.90. The number of ether oxygens (including phenoxy) is 1. The van der Waals surface area contributed by atoms with E-state index in [1.807, 2.05) is 75.4 Å². The molecule has 0 radical (unpaired) electrons. The number of nitrogens with one attached hydrogen (secondary N) is 1. The van der Waals surface area contributed by atoms with Crippen LogP contribution in [-0.2, 0) is 17.8 Å². The summed E-state index contributed by atoms with van der Waals surface area (Å²) >= 11 is 0. The zero-order valence-corrected chi connectivity index (χ0v) is 20.8. The maximum Gasteiger partial charge on any atom is 0.322 e. The fourth-order valence-electron chi connectivity index (χ4n) is 3.68. The fraction of sp³-hybridized carbons (Fsp3) is 0.357. The molecule has 3 amide bonds. The van der Waals surface area contributed by atoms with Gasteiger partial charge in [-0.3, -0.25) is 4.79 Å². The van der Waals surface area contributed by atoms with Gasteiger partial charge in [0.25, 0.3) is 0 Å². The lowest BCUT2D eigenvalue weighted by atomic mass is 10.1. The van der Waals surface area contributed by atoms with Crippen molar-refractivity contribution < 1.29 is 18.7 Å². The van der Waals surface area contributed by atoms with Gasteiger partial charge in [-0.2, -0.15) is 0 Å². The van der Waals surface area contributed by atoms with Crippen molar-refractivity contribution in [2.45, 2.75) is 46.2 Å². The zero-order chi connectivity index (χ0) is 25.0. The smallest absolute Gasteiger partial charge is 0.322 e. The Morgan fingerprint density at radius 1 is 1.00 bits per heavy atom. The second-order valence-corrected chi connectivity index (χ2v) is 8.40. The number of rotatable bonds is 12. The van der Waals surface area contributed by atoms with Crippen LogP contribution in [0.4, 0.5) is 10.5 Å². The quantitative estimate of drug-likeness (QED) is 0.369. The highest BCUT2D eigenvalue weighted by Crippen LogP contribution is 2.17. The van der Waals surface area contributed by atoms with Crippen LogP contribution in [0.5, 0.6) is 5.75 Å². The molecule has 0 fully saturated rings. The minimum atomic E-state index is -0.308. The molecule has 0 aliphatic rings. The van der Waals surface area contributed by atoms with E-state index in [1.54, 1.807) is 28.2 Å². The zero-order valence-electron chi connectivity index (χ0n) is 20.8. The second kappa shape index (κ2) is 13.2. The van der Waals surface area contributed by atoms with Crippen molar-refractivity contribution in [1.29, 1.82) is 0 Å². The number of nitrogens with zero attached hydrogens (tertiary/aromatic N) is 2. The Labute approximate surface area is 207 Å². The highest BCUT2D eigenvalue weighted by atomic mass is 16.5. The lowest BCUT2D eigenvalue weighted by Crippen LogP contribution is -2.48. The number of urea groups is 1. The van der Waals surface area contributed by atoms with E-state index in [0.29, 0.717) is 31.1 Å². The first kappa shape index (κ1) is 25.9. The van der Waals surface area contributed by atoms with E-state index in [1.165, 1.54) is 0 Å². The molecular formula is C28H35N3O4. The van der Waals surface area contributed by atoms with E-state index in [-0.39, 0.29) is 24.5 Å². The van der Waals surface area contributed by atoms with Crippen molar-refractivity contribution in [2.75, 3.05) is 25.0 Å². The minimum Gasteiger partial charge on any atom is -0.494 e. The molecule has 7 heteroatoms. The molecule has 2 aromatic carbocycles. The Bertz CT molecular complexity index is 1040. The van der Waals surface area contributed by atoms with Gasteiger partial charge in [-0.15, -0.1) is 0 Å². The fourth-order valence-corrected chi connectivity index (χ4v) is 3.68. The molecule has 1 aromatic heterocycles. The molecule has 0 bridgehead atoms. The summed E-state index contributed by atoms with van der Waals surface area (Å²) < 4.78 is 11.0. The van der Waals surface area contributed by atoms with Crippen molar-refractivity contribution in [1.82, 2.24) is 9.80 Å².